The Morgan fingerprint density at radius 1 is 1.08 bits per heavy atom. The predicted octanol–water partition coefficient (Wildman–Crippen LogP) is 4.55. The summed E-state index contributed by atoms with van der Waals surface area (Å²) in [5.74, 6) is 8.14. The van der Waals surface area contributed by atoms with Gasteiger partial charge in [-0.2, -0.15) is 0 Å². The molecule has 0 bridgehead atoms. The predicted molar refractivity (Wildman–Crippen MR) is 148 cm³/mol. The minimum absolute atomic E-state index is 0.0783. The molecule has 0 aliphatic carbocycles. The first-order valence-electron chi connectivity index (χ1n) is 12.3. The average molecular weight is 511 g/mol. The van der Waals surface area contributed by atoms with Crippen molar-refractivity contribution in [2.24, 2.45) is 0 Å². The smallest absolute Gasteiger partial charge is 0.318 e. The van der Waals surface area contributed by atoms with E-state index in [1.54, 1.807) is 6.20 Å². The maximum absolute atomic E-state index is 12.1. The van der Waals surface area contributed by atoms with Gasteiger partial charge in [-0.15, -0.1) is 0 Å². The number of carbonyl (C=O) groups is 1. The van der Waals surface area contributed by atoms with Crippen molar-refractivity contribution in [2.75, 3.05) is 31.6 Å². The minimum Gasteiger partial charge on any atom is -0.455 e. The van der Waals surface area contributed by atoms with E-state index in [2.05, 4.69) is 37.4 Å². The molecule has 194 valence electrons. The van der Waals surface area contributed by atoms with Crippen molar-refractivity contribution in [3.8, 4) is 23.3 Å². The molecule has 38 heavy (non-hydrogen) atoms. The van der Waals surface area contributed by atoms with Crippen molar-refractivity contribution in [1.29, 1.82) is 0 Å². The standard InChI is InChI=1S/C29H30N6O3/c1-4-35(14-15-36)29(37)30-13-5-6-22-8-11-26-25(17-22)28(33-19-32-26)34-23-9-12-27(20(2)16-23)38-24-10-7-21(3)31-18-24/h7-12,16-19,36H,4,13-15H2,1-3H3,(H,30,37)(H,32,33,34). The molecule has 0 aliphatic heterocycles. The number of amides is 2. The fourth-order valence-electron chi connectivity index (χ4n) is 3.76. The molecule has 2 aromatic heterocycles. The Morgan fingerprint density at radius 2 is 1.95 bits per heavy atom. The van der Waals surface area contributed by atoms with Crippen LogP contribution in [0.3, 0.4) is 0 Å². The number of likely N-dealkylation sites (N-methyl/N-ethyl adjacent to an activating group) is 1. The number of nitrogens with zero attached hydrogens (tertiary/aromatic N) is 4. The Kier molecular flexibility index (Phi) is 8.69. The van der Waals surface area contributed by atoms with Gasteiger partial charge >= 0.3 is 6.03 Å². The molecule has 2 aromatic carbocycles. The number of aromatic nitrogens is 3. The minimum atomic E-state index is -0.253. The number of urea groups is 1. The molecule has 0 radical (unpaired) electrons. The number of nitrogens with one attached hydrogen (secondary N) is 2. The number of aliphatic hydroxyl groups excluding tert-OH is 1. The first-order chi connectivity index (χ1) is 18.5. The van der Waals surface area contributed by atoms with Crippen LogP contribution < -0.4 is 15.4 Å². The lowest BCUT2D eigenvalue weighted by Gasteiger charge is -2.19. The summed E-state index contributed by atoms with van der Waals surface area (Å²) in [4.78, 5) is 26.7. The van der Waals surface area contributed by atoms with Crippen molar-refractivity contribution < 1.29 is 14.6 Å². The summed E-state index contributed by atoms with van der Waals surface area (Å²) < 4.78 is 5.98. The van der Waals surface area contributed by atoms with E-state index in [0.29, 0.717) is 18.1 Å². The van der Waals surface area contributed by atoms with Gasteiger partial charge in [0.25, 0.3) is 0 Å². The lowest BCUT2D eigenvalue weighted by molar-refractivity contribution is 0.181. The molecular formula is C29H30N6O3. The summed E-state index contributed by atoms with van der Waals surface area (Å²) in [6.07, 6.45) is 3.23. The lowest BCUT2D eigenvalue weighted by Crippen LogP contribution is -2.41. The molecule has 0 aliphatic rings. The zero-order chi connectivity index (χ0) is 26.9. The van der Waals surface area contributed by atoms with Crippen molar-refractivity contribution in [1.82, 2.24) is 25.2 Å². The number of benzene rings is 2. The second kappa shape index (κ2) is 12.5. The number of fused-ring (bicyclic) bond motifs is 1. The highest BCUT2D eigenvalue weighted by Crippen LogP contribution is 2.29. The van der Waals surface area contributed by atoms with Crippen LogP contribution in [0.2, 0.25) is 0 Å². The van der Waals surface area contributed by atoms with E-state index in [-0.39, 0.29) is 25.7 Å². The van der Waals surface area contributed by atoms with Crippen molar-refractivity contribution in [2.45, 2.75) is 20.8 Å². The third kappa shape index (κ3) is 6.75. The molecule has 0 unspecified atom stereocenters. The highest BCUT2D eigenvalue weighted by Gasteiger charge is 2.10. The number of carbonyl (C=O) groups excluding carboxylic acids is 1. The Hall–Kier alpha value is -4.68. The quantitative estimate of drug-likeness (QED) is 0.298. The van der Waals surface area contributed by atoms with Gasteiger partial charge in [-0.25, -0.2) is 14.8 Å². The van der Waals surface area contributed by atoms with Gasteiger partial charge in [-0.05, 0) is 74.9 Å². The average Bonchev–Trinajstić information content (AvgIpc) is 2.92. The van der Waals surface area contributed by atoms with Crippen LogP contribution in [0.1, 0.15) is 23.7 Å². The number of aliphatic hydroxyl groups is 1. The van der Waals surface area contributed by atoms with Crippen LogP contribution in [0.5, 0.6) is 11.5 Å². The van der Waals surface area contributed by atoms with Crippen molar-refractivity contribution in [3.63, 3.8) is 0 Å². The van der Waals surface area contributed by atoms with Gasteiger partial charge in [-0.1, -0.05) is 11.8 Å². The molecule has 4 rings (SSSR count). The number of ether oxygens (including phenoxy) is 1. The van der Waals surface area contributed by atoms with Gasteiger partial charge in [0, 0.05) is 35.4 Å². The Labute approximate surface area is 221 Å². The van der Waals surface area contributed by atoms with Crippen LogP contribution in [0.15, 0.2) is 61.1 Å². The van der Waals surface area contributed by atoms with E-state index >= 15 is 0 Å². The maximum Gasteiger partial charge on any atom is 0.318 e. The first kappa shape index (κ1) is 26.4. The van der Waals surface area contributed by atoms with E-state index in [9.17, 15) is 4.79 Å². The Morgan fingerprint density at radius 3 is 2.68 bits per heavy atom. The third-order valence-electron chi connectivity index (χ3n) is 5.78. The number of anilines is 2. The largest absolute Gasteiger partial charge is 0.455 e. The molecule has 2 amide bonds. The van der Waals surface area contributed by atoms with Gasteiger partial charge in [0.15, 0.2) is 0 Å². The molecule has 0 saturated heterocycles. The van der Waals surface area contributed by atoms with Crippen LogP contribution in [-0.2, 0) is 0 Å². The van der Waals surface area contributed by atoms with Crippen LogP contribution >= 0.6 is 0 Å². The molecule has 4 aromatic rings. The molecule has 0 fully saturated rings. The summed E-state index contributed by atoms with van der Waals surface area (Å²) in [6, 6.07) is 15.1. The zero-order valence-electron chi connectivity index (χ0n) is 21.7. The molecule has 9 nitrogen and oxygen atoms in total. The second-order valence-corrected chi connectivity index (χ2v) is 8.56. The van der Waals surface area contributed by atoms with Crippen LogP contribution in [-0.4, -0.2) is 57.2 Å². The van der Waals surface area contributed by atoms with Crippen LogP contribution in [0, 0.1) is 25.7 Å². The molecule has 0 spiro atoms. The van der Waals surface area contributed by atoms with Gasteiger partial charge in [0.05, 0.1) is 24.9 Å². The van der Waals surface area contributed by atoms with Crippen LogP contribution in [0.25, 0.3) is 10.9 Å². The van der Waals surface area contributed by atoms with Crippen LogP contribution in [0.4, 0.5) is 16.3 Å². The third-order valence-corrected chi connectivity index (χ3v) is 5.78. The number of hydrogen-bond donors (Lipinski definition) is 3. The summed E-state index contributed by atoms with van der Waals surface area (Å²) in [7, 11) is 0. The zero-order valence-corrected chi connectivity index (χ0v) is 21.7. The monoisotopic (exact) mass is 510 g/mol. The van der Waals surface area contributed by atoms with E-state index < -0.39 is 0 Å². The molecule has 2 heterocycles. The molecule has 0 atom stereocenters. The van der Waals surface area contributed by atoms with Crippen molar-refractivity contribution >= 4 is 28.4 Å². The maximum atomic E-state index is 12.1. The Bertz CT molecular complexity index is 1480. The molecule has 0 saturated carbocycles. The van der Waals surface area contributed by atoms with E-state index in [1.807, 2.05) is 69.3 Å². The number of aryl methyl sites for hydroxylation is 2. The highest BCUT2D eigenvalue weighted by molar-refractivity contribution is 5.91. The van der Waals surface area contributed by atoms with Crippen molar-refractivity contribution in [3.05, 3.63) is 77.9 Å². The highest BCUT2D eigenvalue weighted by atomic mass is 16.5. The summed E-state index contributed by atoms with van der Waals surface area (Å²) in [6.45, 7) is 6.69. The van der Waals surface area contributed by atoms with Gasteiger partial charge in [-0.3, -0.25) is 4.98 Å². The Balaban J connectivity index is 1.47. The second-order valence-electron chi connectivity index (χ2n) is 8.56. The molecular weight excluding hydrogens is 480 g/mol. The topological polar surface area (TPSA) is 113 Å². The number of pyridine rings is 1. The number of rotatable bonds is 8. The fraction of sp³-hybridized carbons (Fsp3) is 0.241. The van der Waals surface area contributed by atoms with E-state index in [0.717, 1.165) is 39.2 Å². The molecule has 3 N–H and O–H groups in total. The van der Waals surface area contributed by atoms with Gasteiger partial charge in [0.2, 0.25) is 0 Å². The van der Waals surface area contributed by atoms with E-state index in [1.165, 1.54) is 11.2 Å². The van der Waals surface area contributed by atoms with Gasteiger partial charge in [0.1, 0.15) is 23.6 Å². The SMILES string of the molecule is CCN(CCO)C(=O)NCC#Cc1ccc2ncnc(Nc3ccc(Oc4ccc(C)nc4)c(C)c3)c2c1. The summed E-state index contributed by atoms with van der Waals surface area (Å²) >= 11 is 0. The lowest BCUT2D eigenvalue weighted by atomic mass is 10.1. The molecule has 9 heteroatoms. The summed E-state index contributed by atoms with van der Waals surface area (Å²) in [5.41, 5.74) is 4.32. The first-order valence-corrected chi connectivity index (χ1v) is 12.3. The fourth-order valence-corrected chi connectivity index (χ4v) is 3.76. The van der Waals surface area contributed by atoms with Gasteiger partial charge < -0.3 is 25.4 Å². The normalized spacial score (nSPS) is 10.4. The van der Waals surface area contributed by atoms with E-state index in [4.69, 9.17) is 9.84 Å². The number of hydrogen-bond acceptors (Lipinski definition) is 7. The summed E-state index contributed by atoms with van der Waals surface area (Å²) in [5, 5.41) is 16.0.